The quantitative estimate of drug-likeness (QED) is 0.831. The molecule has 0 aromatic heterocycles. The monoisotopic (exact) mass is 255 g/mol. The van der Waals surface area contributed by atoms with Crippen molar-refractivity contribution in [1.82, 2.24) is 4.90 Å². The summed E-state index contributed by atoms with van der Waals surface area (Å²) in [5.74, 6) is 0.972. The van der Waals surface area contributed by atoms with Gasteiger partial charge in [0, 0.05) is 32.7 Å². The normalized spacial score (nSPS) is 20.3. The summed E-state index contributed by atoms with van der Waals surface area (Å²) in [6.45, 7) is 7.75. The standard InChI is InChI=1S/C16H21N3/c1-13-3-2-4-15(11-17)16(13)19-9-7-18(8-10-19)12-14-5-6-14/h2-4,14H,5-10,12H2,1H3. The highest BCUT2D eigenvalue weighted by atomic mass is 15.3. The Labute approximate surface area is 115 Å². The molecule has 0 bridgehead atoms. The highest BCUT2D eigenvalue weighted by Crippen LogP contribution is 2.31. The maximum absolute atomic E-state index is 9.27. The molecular weight excluding hydrogens is 234 g/mol. The van der Waals surface area contributed by atoms with Gasteiger partial charge in [-0.2, -0.15) is 5.26 Å². The average molecular weight is 255 g/mol. The van der Waals surface area contributed by atoms with E-state index in [1.54, 1.807) is 0 Å². The molecule has 1 aromatic carbocycles. The van der Waals surface area contributed by atoms with Crippen molar-refractivity contribution in [3.63, 3.8) is 0 Å². The van der Waals surface area contributed by atoms with Crippen LogP contribution in [0.1, 0.15) is 24.0 Å². The zero-order chi connectivity index (χ0) is 13.2. The maximum atomic E-state index is 9.27. The van der Waals surface area contributed by atoms with Crippen molar-refractivity contribution in [2.75, 3.05) is 37.6 Å². The van der Waals surface area contributed by atoms with Crippen LogP contribution in [0.15, 0.2) is 18.2 Å². The van der Waals surface area contributed by atoms with Crippen LogP contribution in [0.3, 0.4) is 0 Å². The first-order valence-corrected chi connectivity index (χ1v) is 7.25. The largest absolute Gasteiger partial charge is 0.368 e. The predicted octanol–water partition coefficient (Wildman–Crippen LogP) is 2.40. The van der Waals surface area contributed by atoms with E-state index in [2.05, 4.69) is 28.9 Å². The van der Waals surface area contributed by atoms with E-state index in [1.165, 1.54) is 24.9 Å². The molecule has 1 saturated carbocycles. The Bertz CT molecular complexity index is 491. The summed E-state index contributed by atoms with van der Waals surface area (Å²) < 4.78 is 0. The number of para-hydroxylation sites is 1. The summed E-state index contributed by atoms with van der Waals surface area (Å²) in [6.07, 6.45) is 2.85. The van der Waals surface area contributed by atoms with Crippen molar-refractivity contribution in [3.05, 3.63) is 29.3 Å². The van der Waals surface area contributed by atoms with E-state index in [-0.39, 0.29) is 0 Å². The van der Waals surface area contributed by atoms with Crippen LogP contribution in [0, 0.1) is 24.2 Å². The molecule has 1 aliphatic heterocycles. The number of piperazine rings is 1. The van der Waals surface area contributed by atoms with Crippen LogP contribution in [-0.4, -0.2) is 37.6 Å². The van der Waals surface area contributed by atoms with Crippen LogP contribution in [0.4, 0.5) is 5.69 Å². The van der Waals surface area contributed by atoms with Gasteiger partial charge in [0.15, 0.2) is 0 Å². The summed E-state index contributed by atoms with van der Waals surface area (Å²) in [5.41, 5.74) is 3.18. The molecule has 0 atom stereocenters. The maximum Gasteiger partial charge on any atom is 0.101 e. The molecule has 0 spiro atoms. The van der Waals surface area contributed by atoms with Crippen LogP contribution >= 0.6 is 0 Å². The minimum Gasteiger partial charge on any atom is -0.368 e. The van der Waals surface area contributed by atoms with E-state index in [4.69, 9.17) is 0 Å². The van der Waals surface area contributed by atoms with Crippen molar-refractivity contribution in [2.24, 2.45) is 5.92 Å². The number of nitriles is 1. The van der Waals surface area contributed by atoms with Gasteiger partial charge >= 0.3 is 0 Å². The molecular formula is C16H21N3. The van der Waals surface area contributed by atoms with Gasteiger partial charge in [0.05, 0.1) is 11.3 Å². The molecule has 100 valence electrons. The van der Waals surface area contributed by atoms with Crippen molar-refractivity contribution < 1.29 is 0 Å². The summed E-state index contributed by atoms with van der Waals surface area (Å²) >= 11 is 0. The molecule has 19 heavy (non-hydrogen) atoms. The zero-order valence-electron chi connectivity index (χ0n) is 11.6. The molecule has 0 unspecified atom stereocenters. The first kappa shape index (κ1) is 12.5. The zero-order valence-corrected chi connectivity index (χ0v) is 11.6. The van der Waals surface area contributed by atoms with Crippen LogP contribution in [0.2, 0.25) is 0 Å². The Morgan fingerprint density at radius 2 is 1.95 bits per heavy atom. The van der Waals surface area contributed by atoms with E-state index in [1.807, 2.05) is 12.1 Å². The second-order valence-corrected chi connectivity index (χ2v) is 5.81. The van der Waals surface area contributed by atoms with Gasteiger partial charge in [0.1, 0.15) is 6.07 Å². The molecule has 0 amide bonds. The average Bonchev–Trinajstić information content (AvgIpc) is 3.23. The van der Waals surface area contributed by atoms with Crippen molar-refractivity contribution in [2.45, 2.75) is 19.8 Å². The lowest BCUT2D eigenvalue weighted by atomic mass is 10.1. The fourth-order valence-electron chi connectivity index (χ4n) is 2.99. The van der Waals surface area contributed by atoms with Gasteiger partial charge in [-0.3, -0.25) is 4.90 Å². The first-order valence-electron chi connectivity index (χ1n) is 7.25. The van der Waals surface area contributed by atoms with E-state index >= 15 is 0 Å². The molecule has 0 radical (unpaired) electrons. The molecule has 0 N–H and O–H groups in total. The third kappa shape index (κ3) is 2.74. The third-order valence-electron chi connectivity index (χ3n) is 4.26. The summed E-state index contributed by atoms with van der Waals surface area (Å²) in [4.78, 5) is 4.97. The lowest BCUT2D eigenvalue weighted by Gasteiger charge is -2.37. The van der Waals surface area contributed by atoms with Crippen LogP contribution < -0.4 is 4.90 Å². The molecule has 1 heterocycles. The smallest absolute Gasteiger partial charge is 0.101 e. The molecule has 3 nitrogen and oxygen atoms in total. The summed E-state index contributed by atoms with van der Waals surface area (Å²) in [7, 11) is 0. The number of hydrogen-bond acceptors (Lipinski definition) is 3. The highest BCUT2D eigenvalue weighted by molar-refractivity contribution is 5.64. The summed E-state index contributed by atoms with van der Waals surface area (Å²) in [5, 5.41) is 9.27. The number of nitrogens with zero attached hydrogens (tertiary/aromatic N) is 3. The van der Waals surface area contributed by atoms with Crippen LogP contribution in [0.5, 0.6) is 0 Å². The molecule has 1 aromatic rings. The second kappa shape index (κ2) is 5.22. The number of hydrogen-bond donors (Lipinski definition) is 0. The van der Waals surface area contributed by atoms with Gasteiger partial charge in [-0.25, -0.2) is 0 Å². The van der Waals surface area contributed by atoms with Gasteiger partial charge in [-0.1, -0.05) is 12.1 Å². The molecule has 2 aliphatic rings. The predicted molar refractivity (Wildman–Crippen MR) is 77.3 cm³/mol. The lowest BCUT2D eigenvalue weighted by Crippen LogP contribution is -2.47. The first-order chi connectivity index (χ1) is 9.28. The lowest BCUT2D eigenvalue weighted by molar-refractivity contribution is 0.248. The highest BCUT2D eigenvalue weighted by Gasteiger charge is 2.27. The van der Waals surface area contributed by atoms with Gasteiger partial charge < -0.3 is 4.90 Å². The minimum atomic E-state index is 0.815. The molecule has 2 fully saturated rings. The van der Waals surface area contributed by atoms with Crippen LogP contribution in [-0.2, 0) is 0 Å². The fourth-order valence-corrected chi connectivity index (χ4v) is 2.99. The molecule has 3 heteroatoms. The fraction of sp³-hybridized carbons (Fsp3) is 0.562. The Morgan fingerprint density at radius 3 is 2.58 bits per heavy atom. The van der Waals surface area contributed by atoms with Crippen LogP contribution in [0.25, 0.3) is 0 Å². The number of rotatable bonds is 3. The minimum absolute atomic E-state index is 0.815. The van der Waals surface area contributed by atoms with E-state index < -0.39 is 0 Å². The molecule has 1 saturated heterocycles. The Morgan fingerprint density at radius 1 is 1.21 bits per heavy atom. The summed E-state index contributed by atoms with van der Waals surface area (Å²) in [6, 6.07) is 8.34. The second-order valence-electron chi connectivity index (χ2n) is 5.81. The van der Waals surface area contributed by atoms with Gasteiger partial charge in [-0.15, -0.1) is 0 Å². The van der Waals surface area contributed by atoms with Crippen molar-refractivity contribution >= 4 is 5.69 Å². The van der Waals surface area contributed by atoms with Crippen molar-refractivity contribution in [1.29, 1.82) is 5.26 Å². The van der Waals surface area contributed by atoms with Gasteiger partial charge in [0.2, 0.25) is 0 Å². The third-order valence-corrected chi connectivity index (χ3v) is 4.26. The SMILES string of the molecule is Cc1cccc(C#N)c1N1CCN(CC2CC2)CC1. The molecule has 1 aliphatic carbocycles. The van der Waals surface area contributed by atoms with E-state index in [0.29, 0.717) is 0 Å². The molecule has 3 rings (SSSR count). The number of benzene rings is 1. The van der Waals surface area contributed by atoms with Crippen molar-refractivity contribution in [3.8, 4) is 6.07 Å². The number of aryl methyl sites for hydroxylation is 1. The van der Waals surface area contributed by atoms with Gasteiger partial charge in [-0.05, 0) is 37.3 Å². The van der Waals surface area contributed by atoms with E-state index in [0.717, 1.165) is 43.3 Å². The topological polar surface area (TPSA) is 30.3 Å². The Kier molecular flexibility index (Phi) is 3.44. The Hall–Kier alpha value is -1.53. The Balaban J connectivity index is 1.69. The number of anilines is 1. The van der Waals surface area contributed by atoms with E-state index in [9.17, 15) is 5.26 Å². The van der Waals surface area contributed by atoms with Gasteiger partial charge in [0.25, 0.3) is 0 Å².